The molecule has 2 amide bonds. The summed E-state index contributed by atoms with van der Waals surface area (Å²) in [6.45, 7) is 3.37. The van der Waals surface area contributed by atoms with Gasteiger partial charge in [-0.25, -0.2) is 13.2 Å². The number of ether oxygens (including phenoxy) is 1. The molecule has 34 heavy (non-hydrogen) atoms. The SMILES string of the molecule is COc1ccc(N2CCCN(Cc3cccc(Cl)c3)C2=O)c(NS(=O)(=O)c2ccc(C)cc2)c1. The van der Waals surface area contributed by atoms with Crippen molar-refractivity contribution in [1.29, 1.82) is 0 Å². The average molecular weight is 500 g/mol. The number of aryl methyl sites for hydroxylation is 1. The standard InChI is InChI=1S/C25H26ClN3O4S/c1-18-7-10-22(11-8-18)34(31,32)27-23-16-21(33-2)9-12-24(23)29-14-4-13-28(25(29)30)17-19-5-3-6-20(26)15-19/h3,5-12,15-16,27H,4,13-14,17H2,1-2H3. The lowest BCUT2D eigenvalue weighted by Crippen LogP contribution is -2.49. The molecule has 1 heterocycles. The molecule has 0 radical (unpaired) electrons. The molecule has 1 saturated heterocycles. The van der Waals surface area contributed by atoms with Crippen molar-refractivity contribution in [2.75, 3.05) is 29.8 Å². The summed E-state index contributed by atoms with van der Waals surface area (Å²) in [6.07, 6.45) is 0.739. The van der Waals surface area contributed by atoms with Crippen LogP contribution in [-0.4, -0.2) is 39.5 Å². The molecule has 1 aliphatic heterocycles. The van der Waals surface area contributed by atoms with Gasteiger partial charge in [0, 0.05) is 30.7 Å². The number of halogens is 1. The summed E-state index contributed by atoms with van der Waals surface area (Å²) in [7, 11) is -2.37. The van der Waals surface area contributed by atoms with Gasteiger partial charge in [-0.15, -0.1) is 0 Å². The van der Waals surface area contributed by atoms with Crippen LogP contribution in [-0.2, 0) is 16.6 Å². The molecule has 0 aromatic heterocycles. The average Bonchev–Trinajstić information content (AvgIpc) is 2.81. The number of rotatable bonds is 7. The highest BCUT2D eigenvalue weighted by molar-refractivity contribution is 7.92. The van der Waals surface area contributed by atoms with Crippen molar-refractivity contribution in [3.63, 3.8) is 0 Å². The van der Waals surface area contributed by atoms with Gasteiger partial charge in [0.05, 0.1) is 23.4 Å². The number of nitrogens with one attached hydrogen (secondary N) is 1. The zero-order chi connectivity index (χ0) is 24.3. The Labute approximate surface area is 205 Å². The number of sulfonamides is 1. The van der Waals surface area contributed by atoms with Crippen molar-refractivity contribution in [1.82, 2.24) is 4.90 Å². The van der Waals surface area contributed by atoms with Crippen molar-refractivity contribution in [2.24, 2.45) is 0 Å². The summed E-state index contributed by atoms with van der Waals surface area (Å²) in [5, 5.41) is 0.613. The quantitative estimate of drug-likeness (QED) is 0.479. The van der Waals surface area contributed by atoms with Crippen LogP contribution < -0.4 is 14.4 Å². The van der Waals surface area contributed by atoms with E-state index in [1.54, 1.807) is 58.3 Å². The first-order valence-corrected chi connectivity index (χ1v) is 12.7. The zero-order valence-corrected chi connectivity index (χ0v) is 20.6. The largest absolute Gasteiger partial charge is 0.497 e. The normalized spacial score (nSPS) is 14.3. The molecule has 0 aliphatic carbocycles. The fraction of sp³-hybridized carbons (Fsp3) is 0.240. The van der Waals surface area contributed by atoms with Crippen LogP contribution in [0.1, 0.15) is 17.5 Å². The van der Waals surface area contributed by atoms with Gasteiger partial charge in [0.1, 0.15) is 5.75 Å². The van der Waals surface area contributed by atoms with Gasteiger partial charge in [-0.05, 0) is 55.3 Å². The van der Waals surface area contributed by atoms with Gasteiger partial charge in [-0.3, -0.25) is 9.62 Å². The number of benzene rings is 3. The molecular formula is C25H26ClN3O4S. The van der Waals surface area contributed by atoms with E-state index in [0.717, 1.165) is 17.5 Å². The second kappa shape index (κ2) is 9.95. The van der Waals surface area contributed by atoms with Crippen molar-refractivity contribution in [2.45, 2.75) is 24.8 Å². The second-order valence-electron chi connectivity index (χ2n) is 8.14. The zero-order valence-electron chi connectivity index (χ0n) is 19.0. The molecule has 3 aromatic rings. The molecule has 0 spiro atoms. The van der Waals surface area contributed by atoms with Gasteiger partial charge in [-0.1, -0.05) is 41.4 Å². The molecule has 0 unspecified atom stereocenters. The van der Waals surface area contributed by atoms with Crippen molar-refractivity contribution in [3.05, 3.63) is 82.9 Å². The number of hydrogen-bond donors (Lipinski definition) is 1. The first-order chi connectivity index (χ1) is 16.3. The molecule has 3 aromatic carbocycles. The maximum Gasteiger partial charge on any atom is 0.324 e. The minimum absolute atomic E-state index is 0.138. The lowest BCUT2D eigenvalue weighted by molar-refractivity contribution is 0.192. The van der Waals surface area contributed by atoms with E-state index in [1.165, 1.54) is 7.11 Å². The van der Waals surface area contributed by atoms with Gasteiger partial charge < -0.3 is 9.64 Å². The molecule has 0 saturated carbocycles. The Bertz CT molecular complexity index is 1300. The van der Waals surface area contributed by atoms with E-state index in [2.05, 4.69) is 4.72 Å². The predicted molar refractivity (Wildman–Crippen MR) is 134 cm³/mol. The van der Waals surface area contributed by atoms with Crippen LogP contribution in [0.25, 0.3) is 0 Å². The highest BCUT2D eigenvalue weighted by atomic mass is 35.5. The molecule has 0 bridgehead atoms. The summed E-state index contributed by atoms with van der Waals surface area (Å²) < 4.78 is 34.1. The van der Waals surface area contributed by atoms with E-state index in [-0.39, 0.29) is 16.6 Å². The highest BCUT2D eigenvalue weighted by Gasteiger charge is 2.29. The van der Waals surface area contributed by atoms with Crippen LogP contribution in [0.15, 0.2) is 71.6 Å². The third-order valence-corrected chi connectivity index (χ3v) is 7.26. The molecule has 7 nitrogen and oxygen atoms in total. The van der Waals surface area contributed by atoms with E-state index in [0.29, 0.717) is 36.1 Å². The Balaban J connectivity index is 1.64. The summed E-state index contributed by atoms with van der Waals surface area (Å²) in [5.74, 6) is 0.477. The second-order valence-corrected chi connectivity index (χ2v) is 10.3. The van der Waals surface area contributed by atoms with Crippen LogP contribution >= 0.6 is 11.6 Å². The maximum absolute atomic E-state index is 13.4. The fourth-order valence-electron chi connectivity index (χ4n) is 3.89. The van der Waals surface area contributed by atoms with Gasteiger partial charge in [0.15, 0.2) is 0 Å². The van der Waals surface area contributed by atoms with E-state index < -0.39 is 10.0 Å². The van der Waals surface area contributed by atoms with Gasteiger partial charge >= 0.3 is 6.03 Å². The third kappa shape index (κ3) is 5.29. The van der Waals surface area contributed by atoms with Crippen LogP contribution in [0.3, 0.4) is 0 Å². The lowest BCUT2D eigenvalue weighted by Gasteiger charge is -2.36. The summed E-state index contributed by atoms with van der Waals surface area (Å²) >= 11 is 6.10. The monoisotopic (exact) mass is 499 g/mol. The topological polar surface area (TPSA) is 79.0 Å². The summed E-state index contributed by atoms with van der Waals surface area (Å²) in [6, 6.07) is 18.8. The number of urea groups is 1. The molecule has 1 aliphatic rings. The van der Waals surface area contributed by atoms with Crippen molar-refractivity contribution in [3.8, 4) is 5.75 Å². The Morgan fingerprint density at radius 3 is 2.50 bits per heavy atom. The number of methoxy groups -OCH3 is 1. The fourth-order valence-corrected chi connectivity index (χ4v) is 5.17. The Hall–Kier alpha value is -3.23. The lowest BCUT2D eigenvalue weighted by atomic mass is 10.1. The van der Waals surface area contributed by atoms with Crippen LogP contribution in [0.5, 0.6) is 5.75 Å². The summed E-state index contributed by atoms with van der Waals surface area (Å²) in [4.78, 5) is 16.9. The molecule has 9 heteroatoms. The van der Waals surface area contributed by atoms with Gasteiger partial charge in [0.2, 0.25) is 0 Å². The molecule has 1 fully saturated rings. The number of carbonyl (C=O) groups excluding carboxylic acids is 1. The van der Waals surface area contributed by atoms with Crippen LogP contribution in [0, 0.1) is 6.92 Å². The Kier molecular flexibility index (Phi) is 7.00. The van der Waals surface area contributed by atoms with Crippen molar-refractivity contribution >= 4 is 39.0 Å². The van der Waals surface area contributed by atoms with E-state index in [1.807, 2.05) is 25.1 Å². The number of anilines is 2. The minimum Gasteiger partial charge on any atom is -0.497 e. The molecule has 4 rings (SSSR count). The molecule has 0 atom stereocenters. The Morgan fingerprint density at radius 2 is 1.79 bits per heavy atom. The number of nitrogens with zero attached hydrogens (tertiary/aromatic N) is 2. The summed E-state index contributed by atoms with van der Waals surface area (Å²) in [5.41, 5.74) is 2.63. The highest BCUT2D eigenvalue weighted by Crippen LogP contribution is 2.34. The third-order valence-electron chi connectivity index (χ3n) is 5.64. The Morgan fingerprint density at radius 1 is 1.03 bits per heavy atom. The molecule has 1 N–H and O–H groups in total. The number of amides is 2. The van der Waals surface area contributed by atoms with E-state index in [9.17, 15) is 13.2 Å². The first kappa shape index (κ1) is 23.9. The molecular weight excluding hydrogens is 474 g/mol. The smallest absolute Gasteiger partial charge is 0.324 e. The van der Waals surface area contributed by atoms with E-state index >= 15 is 0 Å². The number of hydrogen-bond acceptors (Lipinski definition) is 4. The minimum atomic E-state index is -3.87. The maximum atomic E-state index is 13.4. The van der Waals surface area contributed by atoms with Gasteiger partial charge in [-0.2, -0.15) is 0 Å². The van der Waals surface area contributed by atoms with Crippen molar-refractivity contribution < 1.29 is 17.9 Å². The van der Waals surface area contributed by atoms with Crippen LogP contribution in [0.2, 0.25) is 5.02 Å². The van der Waals surface area contributed by atoms with Gasteiger partial charge in [0.25, 0.3) is 10.0 Å². The predicted octanol–water partition coefficient (Wildman–Crippen LogP) is 5.29. The first-order valence-electron chi connectivity index (χ1n) is 10.9. The van der Waals surface area contributed by atoms with E-state index in [4.69, 9.17) is 16.3 Å². The number of carbonyl (C=O) groups is 1. The van der Waals surface area contributed by atoms with Crippen LogP contribution in [0.4, 0.5) is 16.2 Å². The molecule has 178 valence electrons.